The zero-order valence-electron chi connectivity index (χ0n) is 13.6. The maximum absolute atomic E-state index is 6.11. The van der Waals surface area contributed by atoms with Crippen LogP contribution in [0.15, 0.2) is 48.5 Å². The zero-order valence-corrected chi connectivity index (χ0v) is 13.6. The van der Waals surface area contributed by atoms with Crippen LogP contribution < -0.4 is 15.2 Å². The van der Waals surface area contributed by atoms with Crippen LogP contribution in [0.5, 0.6) is 11.5 Å². The van der Waals surface area contributed by atoms with Gasteiger partial charge in [-0.1, -0.05) is 37.3 Å². The molecule has 3 nitrogen and oxygen atoms in total. The molecule has 2 aromatic rings. The van der Waals surface area contributed by atoms with Crippen molar-refractivity contribution >= 4 is 0 Å². The molecule has 0 saturated heterocycles. The van der Waals surface area contributed by atoms with E-state index in [1.165, 1.54) is 5.56 Å². The van der Waals surface area contributed by atoms with Crippen molar-refractivity contribution in [1.29, 1.82) is 0 Å². The molecule has 2 aromatic carbocycles. The number of methoxy groups -OCH3 is 1. The number of benzene rings is 2. The molecule has 0 aromatic heterocycles. The molecular weight excluding hydrogens is 274 g/mol. The van der Waals surface area contributed by atoms with Crippen LogP contribution in [0.4, 0.5) is 0 Å². The molecule has 0 bridgehead atoms. The highest BCUT2D eigenvalue weighted by atomic mass is 16.5. The van der Waals surface area contributed by atoms with Gasteiger partial charge in [0.25, 0.3) is 0 Å². The molecule has 1 atom stereocenters. The Morgan fingerprint density at radius 1 is 1.05 bits per heavy atom. The molecule has 0 aliphatic carbocycles. The molecule has 0 amide bonds. The summed E-state index contributed by atoms with van der Waals surface area (Å²) in [6, 6.07) is 16.3. The van der Waals surface area contributed by atoms with E-state index in [0.717, 1.165) is 23.5 Å². The summed E-state index contributed by atoms with van der Waals surface area (Å²) in [5, 5.41) is 0. The maximum atomic E-state index is 6.11. The number of nitrogens with two attached hydrogens (primary N) is 1. The fourth-order valence-corrected chi connectivity index (χ4v) is 2.74. The van der Waals surface area contributed by atoms with E-state index in [0.29, 0.717) is 13.2 Å². The van der Waals surface area contributed by atoms with Crippen molar-refractivity contribution in [2.75, 3.05) is 20.3 Å². The SMILES string of the molecule is CCOc1ccc(CC(C)(CN)c2ccccc2OC)cc1. The Morgan fingerprint density at radius 2 is 1.73 bits per heavy atom. The second kappa shape index (κ2) is 7.32. The third kappa shape index (κ3) is 3.60. The molecule has 0 radical (unpaired) electrons. The average molecular weight is 299 g/mol. The fourth-order valence-electron chi connectivity index (χ4n) is 2.74. The number of hydrogen-bond donors (Lipinski definition) is 1. The Balaban J connectivity index is 2.26. The van der Waals surface area contributed by atoms with Gasteiger partial charge in [0.15, 0.2) is 0 Å². The Hall–Kier alpha value is -2.00. The van der Waals surface area contributed by atoms with Gasteiger partial charge in [-0.05, 0) is 37.1 Å². The lowest BCUT2D eigenvalue weighted by molar-refractivity contribution is 0.340. The largest absolute Gasteiger partial charge is 0.496 e. The smallest absolute Gasteiger partial charge is 0.122 e. The standard InChI is InChI=1S/C19H25NO2/c1-4-22-16-11-9-15(10-12-16)13-19(2,14-20)17-7-5-6-8-18(17)21-3/h5-12H,4,13-14,20H2,1-3H3. The Morgan fingerprint density at radius 3 is 2.32 bits per heavy atom. The quantitative estimate of drug-likeness (QED) is 0.850. The summed E-state index contributed by atoms with van der Waals surface area (Å²) in [6.07, 6.45) is 0.857. The van der Waals surface area contributed by atoms with E-state index in [2.05, 4.69) is 25.1 Å². The van der Waals surface area contributed by atoms with Crippen molar-refractivity contribution in [2.45, 2.75) is 25.7 Å². The fraction of sp³-hybridized carbons (Fsp3) is 0.368. The van der Waals surface area contributed by atoms with E-state index in [-0.39, 0.29) is 5.41 Å². The molecule has 0 aliphatic heterocycles. The Labute approximate surface area is 133 Å². The van der Waals surface area contributed by atoms with E-state index in [9.17, 15) is 0 Å². The second-order valence-corrected chi connectivity index (χ2v) is 5.72. The third-order valence-corrected chi connectivity index (χ3v) is 4.04. The van der Waals surface area contributed by atoms with Crippen molar-refractivity contribution < 1.29 is 9.47 Å². The highest BCUT2D eigenvalue weighted by Gasteiger charge is 2.28. The van der Waals surface area contributed by atoms with Crippen molar-refractivity contribution in [1.82, 2.24) is 0 Å². The lowest BCUT2D eigenvalue weighted by atomic mass is 9.77. The predicted octanol–water partition coefficient (Wildman–Crippen LogP) is 3.55. The number of rotatable bonds is 7. The van der Waals surface area contributed by atoms with Crippen LogP contribution >= 0.6 is 0 Å². The number of para-hydroxylation sites is 1. The summed E-state index contributed by atoms with van der Waals surface area (Å²) in [6.45, 7) is 5.41. The van der Waals surface area contributed by atoms with Crippen LogP contribution in [0, 0.1) is 0 Å². The van der Waals surface area contributed by atoms with E-state index in [4.69, 9.17) is 15.2 Å². The van der Waals surface area contributed by atoms with Gasteiger partial charge in [0.05, 0.1) is 13.7 Å². The van der Waals surface area contributed by atoms with E-state index >= 15 is 0 Å². The summed E-state index contributed by atoms with van der Waals surface area (Å²) < 4.78 is 11.0. The highest BCUT2D eigenvalue weighted by molar-refractivity contribution is 5.41. The molecule has 3 heteroatoms. The van der Waals surface area contributed by atoms with Gasteiger partial charge in [-0.15, -0.1) is 0 Å². The van der Waals surface area contributed by atoms with Crippen LogP contribution in [0.25, 0.3) is 0 Å². The molecule has 0 spiro atoms. The Kier molecular flexibility index (Phi) is 5.45. The van der Waals surface area contributed by atoms with Crippen molar-refractivity contribution in [3.8, 4) is 11.5 Å². The summed E-state index contributed by atoms with van der Waals surface area (Å²) in [4.78, 5) is 0. The first-order valence-corrected chi connectivity index (χ1v) is 7.68. The van der Waals surface area contributed by atoms with E-state index < -0.39 is 0 Å². The van der Waals surface area contributed by atoms with Crippen molar-refractivity contribution in [2.24, 2.45) is 5.73 Å². The summed E-state index contributed by atoms with van der Waals surface area (Å²) in [5.74, 6) is 1.79. The highest BCUT2D eigenvalue weighted by Crippen LogP contribution is 2.34. The zero-order chi connectivity index (χ0) is 16.0. The summed E-state index contributed by atoms with van der Waals surface area (Å²) >= 11 is 0. The minimum atomic E-state index is -0.167. The van der Waals surface area contributed by atoms with Crippen molar-refractivity contribution in [3.63, 3.8) is 0 Å². The van der Waals surface area contributed by atoms with Gasteiger partial charge in [-0.2, -0.15) is 0 Å². The molecule has 22 heavy (non-hydrogen) atoms. The molecule has 0 heterocycles. The predicted molar refractivity (Wildman–Crippen MR) is 90.7 cm³/mol. The molecule has 0 fully saturated rings. The van der Waals surface area contributed by atoms with Gasteiger partial charge in [0.1, 0.15) is 11.5 Å². The lowest BCUT2D eigenvalue weighted by Gasteiger charge is -2.30. The van der Waals surface area contributed by atoms with Gasteiger partial charge >= 0.3 is 0 Å². The average Bonchev–Trinajstić information content (AvgIpc) is 2.56. The first kappa shape index (κ1) is 16.4. The van der Waals surface area contributed by atoms with E-state index in [1.807, 2.05) is 37.3 Å². The van der Waals surface area contributed by atoms with Crippen LogP contribution in [-0.4, -0.2) is 20.3 Å². The first-order chi connectivity index (χ1) is 10.6. The van der Waals surface area contributed by atoms with Gasteiger partial charge in [0.2, 0.25) is 0 Å². The lowest BCUT2D eigenvalue weighted by Crippen LogP contribution is -2.34. The van der Waals surface area contributed by atoms with Gasteiger partial charge in [-0.3, -0.25) is 0 Å². The first-order valence-electron chi connectivity index (χ1n) is 7.68. The Bertz CT molecular complexity index is 595. The third-order valence-electron chi connectivity index (χ3n) is 4.04. The molecule has 0 saturated carbocycles. The monoisotopic (exact) mass is 299 g/mol. The normalized spacial score (nSPS) is 13.5. The minimum absolute atomic E-state index is 0.167. The minimum Gasteiger partial charge on any atom is -0.496 e. The number of ether oxygens (including phenoxy) is 2. The van der Waals surface area contributed by atoms with Gasteiger partial charge < -0.3 is 15.2 Å². The summed E-state index contributed by atoms with van der Waals surface area (Å²) in [7, 11) is 1.70. The van der Waals surface area contributed by atoms with E-state index in [1.54, 1.807) is 7.11 Å². The maximum Gasteiger partial charge on any atom is 0.122 e. The van der Waals surface area contributed by atoms with Crippen LogP contribution in [0.1, 0.15) is 25.0 Å². The molecular formula is C19H25NO2. The van der Waals surface area contributed by atoms with Crippen LogP contribution in [-0.2, 0) is 11.8 Å². The van der Waals surface area contributed by atoms with Gasteiger partial charge in [-0.25, -0.2) is 0 Å². The van der Waals surface area contributed by atoms with Crippen LogP contribution in [0.2, 0.25) is 0 Å². The molecule has 1 unspecified atom stereocenters. The summed E-state index contributed by atoms with van der Waals surface area (Å²) in [5.41, 5.74) is 8.33. The topological polar surface area (TPSA) is 44.5 Å². The number of hydrogen-bond acceptors (Lipinski definition) is 3. The molecule has 2 N–H and O–H groups in total. The molecule has 118 valence electrons. The molecule has 0 aliphatic rings. The van der Waals surface area contributed by atoms with Crippen molar-refractivity contribution in [3.05, 3.63) is 59.7 Å². The second-order valence-electron chi connectivity index (χ2n) is 5.72. The van der Waals surface area contributed by atoms with Crippen LogP contribution in [0.3, 0.4) is 0 Å². The molecule has 2 rings (SSSR count). The van der Waals surface area contributed by atoms with Gasteiger partial charge in [0, 0.05) is 17.5 Å².